The molecule has 17 heavy (non-hydrogen) atoms. The van der Waals surface area contributed by atoms with Crippen molar-refractivity contribution >= 4 is 17.2 Å². The molecule has 0 aliphatic rings. The van der Waals surface area contributed by atoms with Crippen LogP contribution >= 0.6 is 11.3 Å². The molecule has 2 atom stereocenters. The van der Waals surface area contributed by atoms with Gasteiger partial charge in [-0.2, -0.15) is 0 Å². The van der Waals surface area contributed by atoms with Gasteiger partial charge in [0.25, 0.3) is 5.91 Å². The van der Waals surface area contributed by atoms with Crippen LogP contribution in [0.3, 0.4) is 0 Å². The van der Waals surface area contributed by atoms with Crippen molar-refractivity contribution in [3.05, 3.63) is 15.6 Å². The Labute approximate surface area is 105 Å². The second kappa shape index (κ2) is 6.09. The highest BCUT2D eigenvalue weighted by Gasteiger charge is 2.18. The summed E-state index contributed by atoms with van der Waals surface area (Å²) in [7, 11) is 1.61. The summed E-state index contributed by atoms with van der Waals surface area (Å²) in [6.45, 7) is 5.54. The van der Waals surface area contributed by atoms with E-state index in [1.54, 1.807) is 21.0 Å². The summed E-state index contributed by atoms with van der Waals surface area (Å²) in [5.41, 5.74) is 0.692. The quantitative estimate of drug-likeness (QED) is 0.834. The third-order valence-corrected chi connectivity index (χ3v) is 3.60. The number of hydrogen-bond acceptors (Lipinski definition) is 5. The molecule has 0 saturated carbocycles. The molecule has 2 unspecified atom stereocenters. The van der Waals surface area contributed by atoms with Crippen LogP contribution in [-0.2, 0) is 4.74 Å². The summed E-state index contributed by atoms with van der Waals surface area (Å²) in [6.07, 6.45) is -0.665. The van der Waals surface area contributed by atoms with Crippen molar-refractivity contribution < 1.29 is 14.6 Å². The molecule has 0 fully saturated rings. The average Bonchev–Trinajstić information content (AvgIpc) is 2.67. The first-order valence-corrected chi connectivity index (χ1v) is 6.23. The Hall–Kier alpha value is -0.980. The van der Waals surface area contributed by atoms with Crippen molar-refractivity contribution in [2.45, 2.75) is 33.0 Å². The van der Waals surface area contributed by atoms with Gasteiger partial charge < -0.3 is 15.2 Å². The van der Waals surface area contributed by atoms with Gasteiger partial charge in [-0.25, -0.2) is 4.98 Å². The smallest absolute Gasteiger partial charge is 0.263 e. The molecule has 0 aromatic carbocycles. The van der Waals surface area contributed by atoms with Crippen LogP contribution in [0.15, 0.2) is 0 Å². The molecule has 2 N–H and O–H groups in total. The first-order chi connectivity index (χ1) is 7.95. The maximum Gasteiger partial charge on any atom is 0.263 e. The summed E-state index contributed by atoms with van der Waals surface area (Å²) in [4.78, 5) is 16.7. The van der Waals surface area contributed by atoms with Gasteiger partial charge in [-0.3, -0.25) is 4.79 Å². The van der Waals surface area contributed by atoms with E-state index in [1.807, 2.05) is 6.92 Å². The minimum absolute atomic E-state index is 0.114. The zero-order chi connectivity index (χ0) is 13.0. The molecule has 1 aromatic rings. The van der Waals surface area contributed by atoms with E-state index in [-0.39, 0.29) is 18.6 Å². The van der Waals surface area contributed by atoms with Crippen molar-refractivity contribution in [2.75, 3.05) is 13.7 Å². The van der Waals surface area contributed by atoms with E-state index >= 15 is 0 Å². The second-order valence-electron chi connectivity index (χ2n) is 3.90. The highest BCUT2D eigenvalue weighted by atomic mass is 32.1. The van der Waals surface area contributed by atoms with Crippen LogP contribution in [-0.4, -0.2) is 35.8 Å². The van der Waals surface area contributed by atoms with E-state index in [2.05, 4.69) is 10.3 Å². The molecule has 0 aliphatic heterocycles. The van der Waals surface area contributed by atoms with Crippen molar-refractivity contribution in [3.63, 3.8) is 0 Å². The highest BCUT2D eigenvalue weighted by Crippen LogP contribution is 2.25. The Morgan fingerprint density at radius 2 is 2.24 bits per heavy atom. The average molecular weight is 258 g/mol. The number of rotatable bonds is 5. The molecule has 1 heterocycles. The van der Waals surface area contributed by atoms with E-state index < -0.39 is 6.10 Å². The van der Waals surface area contributed by atoms with Crippen LogP contribution in [0, 0.1) is 6.92 Å². The van der Waals surface area contributed by atoms with Crippen molar-refractivity contribution in [3.8, 4) is 0 Å². The van der Waals surface area contributed by atoms with Crippen LogP contribution < -0.4 is 5.32 Å². The Morgan fingerprint density at radius 1 is 1.59 bits per heavy atom. The lowest BCUT2D eigenvalue weighted by molar-refractivity contribution is 0.0927. The Balaban J connectivity index is 2.77. The molecule has 96 valence electrons. The van der Waals surface area contributed by atoms with Crippen LogP contribution in [0.4, 0.5) is 0 Å². The van der Waals surface area contributed by atoms with E-state index in [1.165, 1.54) is 11.3 Å². The fourth-order valence-electron chi connectivity index (χ4n) is 1.22. The standard InChI is InChI=1S/C11H18N2O3S/c1-6(14)5-12-10(15)9-7(2)13-11(17-9)8(3)16-4/h6,8,14H,5H2,1-4H3,(H,12,15). The molecule has 0 saturated heterocycles. The number of ether oxygens (including phenoxy) is 1. The van der Waals surface area contributed by atoms with E-state index in [9.17, 15) is 4.79 Å². The van der Waals surface area contributed by atoms with Gasteiger partial charge in [0.05, 0.1) is 11.8 Å². The van der Waals surface area contributed by atoms with E-state index in [4.69, 9.17) is 9.84 Å². The van der Waals surface area contributed by atoms with Gasteiger partial charge in [0.2, 0.25) is 0 Å². The number of methoxy groups -OCH3 is 1. The molecule has 1 amide bonds. The second-order valence-corrected chi connectivity index (χ2v) is 4.93. The molecule has 0 radical (unpaired) electrons. The number of aliphatic hydroxyl groups excluding tert-OH is 1. The predicted molar refractivity (Wildman–Crippen MR) is 66.3 cm³/mol. The van der Waals surface area contributed by atoms with Crippen LogP contribution in [0.1, 0.15) is 40.3 Å². The SMILES string of the molecule is COC(C)c1nc(C)c(C(=O)NCC(C)O)s1. The lowest BCUT2D eigenvalue weighted by atomic mass is 10.3. The summed E-state index contributed by atoms with van der Waals surface area (Å²) in [5.74, 6) is -0.199. The van der Waals surface area contributed by atoms with Gasteiger partial charge in [0.15, 0.2) is 0 Å². The highest BCUT2D eigenvalue weighted by molar-refractivity contribution is 7.13. The topological polar surface area (TPSA) is 71.5 Å². The number of hydrogen-bond donors (Lipinski definition) is 2. The summed E-state index contributed by atoms with van der Waals surface area (Å²) in [5, 5.41) is 12.5. The van der Waals surface area contributed by atoms with Gasteiger partial charge in [-0.15, -0.1) is 11.3 Å². The van der Waals surface area contributed by atoms with Crippen molar-refractivity contribution in [1.82, 2.24) is 10.3 Å². The first kappa shape index (κ1) is 14.1. The Morgan fingerprint density at radius 3 is 2.76 bits per heavy atom. The lowest BCUT2D eigenvalue weighted by Gasteiger charge is -2.05. The van der Waals surface area contributed by atoms with Gasteiger partial charge in [-0.05, 0) is 20.8 Å². The molecule has 1 rings (SSSR count). The van der Waals surface area contributed by atoms with E-state index in [0.717, 1.165) is 5.01 Å². The van der Waals surface area contributed by atoms with Crippen molar-refractivity contribution in [2.24, 2.45) is 0 Å². The molecule has 5 nitrogen and oxygen atoms in total. The molecule has 1 aromatic heterocycles. The lowest BCUT2D eigenvalue weighted by Crippen LogP contribution is -2.30. The number of carbonyl (C=O) groups is 1. The normalized spacial score (nSPS) is 14.4. The number of aryl methyl sites for hydroxylation is 1. The van der Waals surface area contributed by atoms with E-state index in [0.29, 0.717) is 10.6 Å². The largest absolute Gasteiger partial charge is 0.392 e. The van der Waals surface area contributed by atoms with Gasteiger partial charge in [-0.1, -0.05) is 0 Å². The maximum absolute atomic E-state index is 11.8. The third kappa shape index (κ3) is 3.76. The number of aromatic nitrogens is 1. The van der Waals surface area contributed by atoms with Gasteiger partial charge >= 0.3 is 0 Å². The van der Waals surface area contributed by atoms with Crippen LogP contribution in [0.25, 0.3) is 0 Å². The molecular weight excluding hydrogens is 240 g/mol. The van der Waals surface area contributed by atoms with Crippen LogP contribution in [0.5, 0.6) is 0 Å². The number of thiazole rings is 1. The summed E-state index contributed by atoms with van der Waals surface area (Å²) < 4.78 is 5.16. The Kier molecular flexibility index (Phi) is 5.04. The van der Waals surface area contributed by atoms with Gasteiger partial charge in [0, 0.05) is 13.7 Å². The molecule has 0 spiro atoms. The fourth-order valence-corrected chi connectivity index (χ4v) is 2.24. The predicted octanol–water partition coefficient (Wildman–Crippen LogP) is 1.27. The fraction of sp³-hybridized carbons (Fsp3) is 0.636. The summed E-state index contributed by atoms with van der Waals surface area (Å²) >= 11 is 1.32. The molecule has 0 aliphatic carbocycles. The van der Waals surface area contributed by atoms with Gasteiger partial charge in [0.1, 0.15) is 16.0 Å². The number of nitrogens with zero attached hydrogens (tertiary/aromatic N) is 1. The summed E-state index contributed by atoms with van der Waals surface area (Å²) in [6, 6.07) is 0. The molecular formula is C11H18N2O3S. The minimum atomic E-state index is -0.551. The molecule has 0 bridgehead atoms. The van der Waals surface area contributed by atoms with Crippen LogP contribution in [0.2, 0.25) is 0 Å². The number of amides is 1. The zero-order valence-electron chi connectivity index (χ0n) is 10.5. The van der Waals surface area contributed by atoms with Crippen molar-refractivity contribution in [1.29, 1.82) is 0 Å². The zero-order valence-corrected chi connectivity index (χ0v) is 11.3. The third-order valence-electron chi connectivity index (χ3n) is 2.28. The monoisotopic (exact) mass is 258 g/mol. The number of carbonyl (C=O) groups excluding carboxylic acids is 1. The Bertz CT molecular complexity index is 390. The molecule has 6 heteroatoms. The first-order valence-electron chi connectivity index (χ1n) is 5.42. The maximum atomic E-state index is 11.8. The number of aliphatic hydroxyl groups is 1. The number of nitrogens with one attached hydrogen (secondary N) is 1. The minimum Gasteiger partial charge on any atom is -0.392 e.